The lowest BCUT2D eigenvalue weighted by Gasteiger charge is -1.98. The van der Waals surface area contributed by atoms with Crippen molar-refractivity contribution in [3.63, 3.8) is 0 Å². The molecule has 1 rings (SSSR count). The first kappa shape index (κ1) is 8.33. The summed E-state index contributed by atoms with van der Waals surface area (Å²) in [6.45, 7) is 0. The van der Waals surface area contributed by atoms with Crippen molar-refractivity contribution in [3.8, 4) is 0 Å². The normalized spacial score (nSPS) is 12.5. The van der Waals surface area contributed by atoms with Gasteiger partial charge in [-0.05, 0) is 12.1 Å². The average molecular weight is 218 g/mol. The van der Waals surface area contributed by atoms with Gasteiger partial charge in [0.25, 0.3) is 0 Å². The van der Waals surface area contributed by atoms with Gasteiger partial charge in [-0.15, -0.1) is 0 Å². The number of pyridine rings is 1. The molecule has 1 atom stereocenters. The first-order chi connectivity index (χ1) is 5.24. The lowest BCUT2D eigenvalue weighted by Crippen LogP contribution is -1.94. The van der Waals surface area contributed by atoms with Gasteiger partial charge in [-0.2, -0.15) is 0 Å². The highest BCUT2D eigenvalue weighted by atomic mass is 79.9. The maximum atomic E-state index is 12.3. The third-order valence-electron chi connectivity index (χ3n) is 1.15. The summed E-state index contributed by atoms with van der Waals surface area (Å²) in [6.07, 6.45) is 1.77. The fourth-order valence-corrected chi connectivity index (χ4v) is 0.891. The molecular weight excluding hydrogens is 213 g/mol. The van der Waals surface area contributed by atoms with Crippen LogP contribution < -0.4 is 0 Å². The van der Waals surface area contributed by atoms with Gasteiger partial charge in [-0.3, -0.25) is 4.98 Å². The second kappa shape index (κ2) is 3.57. The van der Waals surface area contributed by atoms with Crippen molar-refractivity contribution in [2.45, 2.75) is 4.83 Å². The van der Waals surface area contributed by atoms with Crippen molar-refractivity contribution in [1.29, 1.82) is 0 Å². The van der Waals surface area contributed by atoms with Crippen LogP contribution in [0.4, 0.5) is 4.39 Å². The maximum absolute atomic E-state index is 12.3. The van der Waals surface area contributed by atoms with E-state index in [-0.39, 0.29) is 0 Å². The molecule has 0 fully saturated rings. The van der Waals surface area contributed by atoms with Crippen molar-refractivity contribution in [3.05, 3.63) is 29.8 Å². The Balaban J connectivity index is 2.89. The zero-order valence-electron chi connectivity index (χ0n) is 5.50. The second-order valence-corrected chi connectivity index (χ2v) is 2.93. The summed E-state index contributed by atoms with van der Waals surface area (Å²) >= 11 is 3.06. The summed E-state index contributed by atoms with van der Waals surface area (Å²) in [7, 11) is 0. The number of rotatable bonds is 2. The van der Waals surface area contributed by atoms with Gasteiger partial charge in [0, 0.05) is 0 Å². The van der Waals surface area contributed by atoms with E-state index >= 15 is 0 Å². The SMILES string of the molecule is O=CC(Br)c1ccc(F)cn1. The second-order valence-electron chi connectivity index (χ2n) is 1.94. The average Bonchev–Trinajstić information content (AvgIpc) is 2.05. The number of alkyl halides is 1. The van der Waals surface area contributed by atoms with Gasteiger partial charge in [-0.25, -0.2) is 4.39 Å². The molecule has 2 nitrogen and oxygen atoms in total. The standard InChI is InChI=1S/C7H5BrFNO/c8-6(4-11)7-2-1-5(9)3-10-7/h1-4,6H. The molecule has 1 aromatic heterocycles. The zero-order valence-corrected chi connectivity index (χ0v) is 7.08. The van der Waals surface area contributed by atoms with Crippen molar-refractivity contribution < 1.29 is 9.18 Å². The number of halogens is 2. The number of aromatic nitrogens is 1. The molecule has 0 spiro atoms. The van der Waals surface area contributed by atoms with Crippen LogP contribution in [0, 0.1) is 5.82 Å². The van der Waals surface area contributed by atoms with Crippen molar-refractivity contribution in [1.82, 2.24) is 4.98 Å². The van der Waals surface area contributed by atoms with Gasteiger partial charge < -0.3 is 4.79 Å². The van der Waals surface area contributed by atoms with Crippen LogP contribution >= 0.6 is 15.9 Å². The number of hydrogen-bond donors (Lipinski definition) is 0. The van der Waals surface area contributed by atoms with E-state index in [9.17, 15) is 9.18 Å². The van der Waals surface area contributed by atoms with Gasteiger partial charge in [-0.1, -0.05) is 15.9 Å². The van der Waals surface area contributed by atoms with Crippen LogP contribution in [0.2, 0.25) is 0 Å². The highest BCUT2D eigenvalue weighted by Crippen LogP contribution is 2.16. The Morgan fingerprint density at radius 3 is 2.82 bits per heavy atom. The Labute approximate surface area is 71.6 Å². The first-order valence-electron chi connectivity index (χ1n) is 2.95. The molecule has 11 heavy (non-hydrogen) atoms. The van der Waals surface area contributed by atoms with Gasteiger partial charge in [0.15, 0.2) is 0 Å². The van der Waals surface area contributed by atoms with Crippen LogP contribution in [0.25, 0.3) is 0 Å². The topological polar surface area (TPSA) is 30.0 Å². The molecule has 0 aliphatic carbocycles. The fraction of sp³-hybridized carbons (Fsp3) is 0.143. The molecule has 0 N–H and O–H groups in total. The maximum Gasteiger partial charge on any atom is 0.141 e. The number of hydrogen-bond acceptors (Lipinski definition) is 2. The predicted octanol–water partition coefficient (Wildman–Crippen LogP) is 1.86. The van der Waals surface area contributed by atoms with Crippen LogP contribution in [0.3, 0.4) is 0 Å². The lowest BCUT2D eigenvalue weighted by atomic mass is 10.3. The minimum atomic E-state index is -0.442. The highest BCUT2D eigenvalue weighted by Gasteiger charge is 2.05. The number of carbonyl (C=O) groups is 1. The summed E-state index contributed by atoms with van der Waals surface area (Å²) in [6, 6.07) is 2.73. The molecule has 58 valence electrons. The number of nitrogens with zero attached hydrogens (tertiary/aromatic N) is 1. The van der Waals surface area contributed by atoms with E-state index in [4.69, 9.17) is 0 Å². The third-order valence-corrected chi connectivity index (χ3v) is 1.84. The summed E-state index contributed by atoms with van der Waals surface area (Å²) in [5.41, 5.74) is 0.515. The van der Waals surface area contributed by atoms with Crippen molar-refractivity contribution >= 4 is 22.2 Å². The Morgan fingerprint density at radius 1 is 1.64 bits per heavy atom. The van der Waals surface area contributed by atoms with E-state index < -0.39 is 10.6 Å². The Hall–Kier alpha value is -0.770. The molecule has 1 heterocycles. The Kier molecular flexibility index (Phi) is 2.70. The van der Waals surface area contributed by atoms with Crippen LogP contribution in [-0.2, 0) is 4.79 Å². The molecule has 0 saturated carbocycles. The summed E-state index contributed by atoms with van der Waals surface area (Å²) in [5, 5.41) is 0. The van der Waals surface area contributed by atoms with Crippen molar-refractivity contribution in [2.24, 2.45) is 0 Å². The Bertz CT molecular complexity index is 249. The summed E-state index contributed by atoms with van der Waals surface area (Å²) in [4.78, 5) is 13.5. The molecule has 0 bridgehead atoms. The molecule has 0 aliphatic heterocycles. The molecule has 0 aromatic carbocycles. The van der Waals surface area contributed by atoms with Crippen LogP contribution in [0.1, 0.15) is 10.5 Å². The quantitative estimate of drug-likeness (QED) is 0.560. The first-order valence-corrected chi connectivity index (χ1v) is 3.86. The van der Waals surface area contributed by atoms with Gasteiger partial charge in [0.1, 0.15) is 16.9 Å². The van der Waals surface area contributed by atoms with Crippen LogP contribution in [-0.4, -0.2) is 11.3 Å². The zero-order chi connectivity index (χ0) is 8.27. The van der Waals surface area contributed by atoms with Gasteiger partial charge >= 0.3 is 0 Å². The monoisotopic (exact) mass is 217 g/mol. The molecule has 0 amide bonds. The summed E-state index contributed by atoms with van der Waals surface area (Å²) < 4.78 is 12.3. The molecule has 0 aliphatic rings. The number of carbonyl (C=O) groups excluding carboxylic acids is 1. The molecule has 0 radical (unpaired) electrons. The molecule has 4 heteroatoms. The minimum Gasteiger partial charge on any atom is -0.302 e. The van der Waals surface area contributed by atoms with Crippen LogP contribution in [0.15, 0.2) is 18.3 Å². The Morgan fingerprint density at radius 2 is 2.36 bits per heavy atom. The highest BCUT2D eigenvalue weighted by molar-refractivity contribution is 9.09. The van der Waals surface area contributed by atoms with Gasteiger partial charge in [0.2, 0.25) is 0 Å². The lowest BCUT2D eigenvalue weighted by molar-refractivity contribution is -0.107. The predicted molar refractivity (Wildman–Crippen MR) is 41.9 cm³/mol. The van der Waals surface area contributed by atoms with Crippen LogP contribution in [0.5, 0.6) is 0 Å². The van der Waals surface area contributed by atoms with Crippen molar-refractivity contribution in [2.75, 3.05) is 0 Å². The summed E-state index contributed by atoms with van der Waals surface area (Å²) in [5.74, 6) is -0.403. The smallest absolute Gasteiger partial charge is 0.141 e. The van der Waals surface area contributed by atoms with E-state index in [2.05, 4.69) is 20.9 Å². The molecule has 1 aromatic rings. The third kappa shape index (κ3) is 2.08. The van der Waals surface area contributed by atoms with E-state index in [1.807, 2.05) is 0 Å². The largest absolute Gasteiger partial charge is 0.302 e. The molecular formula is C7H5BrFNO. The van der Waals surface area contributed by atoms with E-state index in [1.54, 1.807) is 0 Å². The fourth-order valence-electron chi connectivity index (χ4n) is 0.620. The van der Waals surface area contributed by atoms with E-state index in [0.29, 0.717) is 12.0 Å². The minimum absolute atomic E-state index is 0.403. The molecule has 1 unspecified atom stereocenters. The van der Waals surface area contributed by atoms with E-state index in [1.165, 1.54) is 12.1 Å². The van der Waals surface area contributed by atoms with E-state index in [0.717, 1.165) is 6.20 Å². The van der Waals surface area contributed by atoms with Gasteiger partial charge in [0.05, 0.1) is 11.9 Å². The molecule has 0 saturated heterocycles. The number of aldehydes is 1.